The number of carbonyl (C=O) groups excluding carboxylic acids is 2. The number of hydrogen-bond donors (Lipinski definition) is 0. The van der Waals surface area contributed by atoms with Gasteiger partial charge in [-0.25, -0.2) is 8.78 Å². The first kappa shape index (κ1) is 17.8. The number of likely N-dealkylation sites (tertiary alicyclic amines) is 1. The number of hydrogen-bond acceptors (Lipinski definition) is 2. The van der Waals surface area contributed by atoms with Crippen molar-refractivity contribution in [2.24, 2.45) is 5.92 Å². The number of piperidine rings is 1. The van der Waals surface area contributed by atoms with Gasteiger partial charge < -0.3 is 9.80 Å². The lowest BCUT2D eigenvalue weighted by Crippen LogP contribution is -2.46. The molecule has 3 rings (SSSR count). The van der Waals surface area contributed by atoms with Gasteiger partial charge in [0.2, 0.25) is 11.8 Å². The van der Waals surface area contributed by atoms with Gasteiger partial charge in [0.15, 0.2) is 0 Å². The Morgan fingerprint density at radius 1 is 1.16 bits per heavy atom. The molecule has 0 atom stereocenters. The molecule has 2 heterocycles. The van der Waals surface area contributed by atoms with E-state index in [1.54, 1.807) is 0 Å². The van der Waals surface area contributed by atoms with Crippen molar-refractivity contribution in [3.63, 3.8) is 0 Å². The third kappa shape index (κ3) is 3.67. The maximum Gasteiger partial charge on any atom is 0.230 e. The highest BCUT2D eigenvalue weighted by molar-refractivity contribution is 5.96. The van der Waals surface area contributed by atoms with Crippen molar-refractivity contribution in [2.75, 3.05) is 24.5 Å². The second kappa shape index (κ2) is 7.50. The minimum absolute atomic E-state index is 0.103. The van der Waals surface area contributed by atoms with Crippen LogP contribution in [0.5, 0.6) is 0 Å². The molecule has 0 saturated carbocycles. The number of fused-ring (bicyclic) bond motifs is 1. The fourth-order valence-corrected chi connectivity index (χ4v) is 3.84. The van der Waals surface area contributed by atoms with E-state index < -0.39 is 11.6 Å². The van der Waals surface area contributed by atoms with E-state index in [9.17, 15) is 18.4 Å². The summed E-state index contributed by atoms with van der Waals surface area (Å²) in [4.78, 5) is 28.2. The summed E-state index contributed by atoms with van der Waals surface area (Å²) in [7, 11) is 0. The molecule has 0 aromatic heterocycles. The number of amides is 2. The van der Waals surface area contributed by atoms with Crippen molar-refractivity contribution in [2.45, 2.75) is 45.4 Å². The SMILES string of the molecule is CCCC(=O)N1CCC(C(=O)N2CCCc3cc(F)cc(F)c32)CC1. The molecule has 136 valence electrons. The number of anilines is 1. The molecule has 0 spiro atoms. The van der Waals surface area contributed by atoms with Gasteiger partial charge in [0.25, 0.3) is 0 Å². The van der Waals surface area contributed by atoms with Crippen LogP contribution >= 0.6 is 0 Å². The maximum absolute atomic E-state index is 14.3. The Morgan fingerprint density at radius 3 is 2.56 bits per heavy atom. The molecule has 2 aliphatic rings. The predicted octanol–water partition coefficient (Wildman–Crippen LogP) is 3.28. The molecule has 1 saturated heterocycles. The second-order valence-corrected chi connectivity index (χ2v) is 6.89. The number of nitrogens with zero attached hydrogens (tertiary/aromatic N) is 2. The average Bonchev–Trinajstić information content (AvgIpc) is 2.60. The van der Waals surface area contributed by atoms with E-state index in [0.717, 1.165) is 12.5 Å². The number of aryl methyl sites for hydroxylation is 1. The second-order valence-electron chi connectivity index (χ2n) is 6.89. The molecule has 25 heavy (non-hydrogen) atoms. The lowest BCUT2D eigenvalue weighted by molar-refractivity contribution is -0.135. The van der Waals surface area contributed by atoms with E-state index in [2.05, 4.69) is 0 Å². The van der Waals surface area contributed by atoms with Crippen molar-refractivity contribution in [1.29, 1.82) is 0 Å². The topological polar surface area (TPSA) is 40.6 Å². The molecule has 0 N–H and O–H groups in total. The molecular weight excluding hydrogens is 326 g/mol. The van der Waals surface area contributed by atoms with Gasteiger partial charge in [-0.2, -0.15) is 0 Å². The van der Waals surface area contributed by atoms with Crippen molar-refractivity contribution >= 4 is 17.5 Å². The number of halogens is 2. The van der Waals surface area contributed by atoms with Gasteiger partial charge in [-0.1, -0.05) is 6.92 Å². The molecule has 2 aliphatic heterocycles. The first-order chi connectivity index (χ1) is 12.0. The molecule has 2 amide bonds. The van der Waals surface area contributed by atoms with Gasteiger partial charge in [-0.05, 0) is 43.7 Å². The summed E-state index contributed by atoms with van der Waals surface area (Å²) in [6.07, 6.45) is 3.84. The van der Waals surface area contributed by atoms with Crippen molar-refractivity contribution in [1.82, 2.24) is 4.90 Å². The number of carbonyl (C=O) groups is 2. The highest BCUT2D eigenvalue weighted by Crippen LogP contribution is 2.33. The van der Waals surface area contributed by atoms with Crippen LogP contribution < -0.4 is 4.90 Å². The Morgan fingerprint density at radius 2 is 1.88 bits per heavy atom. The lowest BCUT2D eigenvalue weighted by atomic mass is 9.92. The van der Waals surface area contributed by atoms with E-state index in [1.807, 2.05) is 11.8 Å². The summed E-state index contributed by atoms with van der Waals surface area (Å²) >= 11 is 0. The van der Waals surface area contributed by atoms with Crippen LogP contribution in [0.2, 0.25) is 0 Å². The summed E-state index contributed by atoms with van der Waals surface area (Å²) in [6, 6.07) is 2.17. The highest BCUT2D eigenvalue weighted by Gasteiger charge is 2.33. The first-order valence-electron chi connectivity index (χ1n) is 9.08. The van der Waals surface area contributed by atoms with Crippen molar-refractivity contribution in [3.05, 3.63) is 29.3 Å². The zero-order valence-electron chi connectivity index (χ0n) is 14.6. The van der Waals surface area contributed by atoms with Gasteiger partial charge in [-0.3, -0.25) is 9.59 Å². The molecule has 4 nitrogen and oxygen atoms in total. The Balaban J connectivity index is 1.71. The quantitative estimate of drug-likeness (QED) is 0.839. The van der Waals surface area contributed by atoms with Crippen LogP contribution in [0.3, 0.4) is 0 Å². The van der Waals surface area contributed by atoms with Crippen LogP contribution in [0.15, 0.2) is 12.1 Å². The van der Waals surface area contributed by atoms with Crippen LogP contribution in [0.4, 0.5) is 14.5 Å². The fraction of sp³-hybridized carbons (Fsp3) is 0.579. The van der Waals surface area contributed by atoms with Crippen LogP contribution in [0.25, 0.3) is 0 Å². The van der Waals surface area contributed by atoms with E-state index in [0.29, 0.717) is 57.3 Å². The Bertz CT molecular complexity index is 670. The summed E-state index contributed by atoms with van der Waals surface area (Å²) < 4.78 is 27.7. The molecule has 1 aromatic carbocycles. The van der Waals surface area contributed by atoms with Crippen LogP contribution in [-0.4, -0.2) is 36.3 Å². The fourth-order valence-electron chi connectivity index (χ4n) is 3.84. The minimum atomic E-state index is -0.668. The predicted molar refractivity (Wildman–Crippen MR) is 91.2 cm³/mol. The maximum atomic E-state index is 14.3. The van der Waals surface area contributed by atoms with Gasteiger partial charge in [0, 0.05) is 38.0 Å². The Kier molecular flexibility index (Phi) is 5.35. The molecule has 0 unspecified atom stereocenters. The third-order valence-electron chi connectivity index (χ3n) is 5.13. The standard InChI is InChI=1S/C19H24F2N2O2/c1-2-4-17(24)22-9-6-13(7-10-22)19(25)23-8-3-5-14-11-15(20)12-16(21)18(14)23/h11-13H,2-10H2,1H3. The highest BCUT2D eigenvalue weighted by atomic mass is 19.1. The van der Waals surface area contributed by atoms with E-state index in [1.165, 1.54) is 11.0 Å². The smallest absolute Gasteiger partial charge is 0.230 e. The van der Waals surface area contributed by atoms with Gasteiger partial charge in [0.1, 0.15) is 11.6 Å². The van der Waals surface area contributed by atoms with Crippen LogP contribution in [0.1, 0.15) is 44.6 Å². The lowest BCUT2D eigenvalue weighted by Gasteiger charge is -2.36. The molecule has 0 bridgehead atoms. The molecule has 6 heteroatoms. The normalized spacial score (nSPS) is 18.2. The summed E-state index contributed by atoms with van der Waals surface area (Å²) in [5.74, 6) is -1.44. The minimum Gasteiger partial charge on any atom is -0.343 e. The number of benzene rings is 1. The molecule has 1 aromatic rings. The van der Waals surface area contributed by atoms with E-state index in [4.69, 9.17) is 0 Å². The van der Waals surface area contributed by atoms with Crippen LogP contribution in [-0.2, 0) is 16.0 Å². The first-order valence-corrected chi connectivity index (χ1v) is 9.08. The largest absolute Gasteiger partial charge is 0.343 e. The van der Waals surface area contributed by atoms with Gasteiger partial charge in [-0.15, -0.1) is 0 Å². The van der Waals surface area contributed by atoms with E-state index >= 15 is 0 Å². The molecule has 0 radical (unpaired) electrons. The monoisotopic (exact) mass is 350 g/mol. The summed E-state index contributed by atoms with van der Waals surface area (Å²) in [6.45, 7) is 3.58. The van der Waals surface area contributed by atoms with Gasteiger partial charge >= 0.3 is 0 Å². The Labute approximate surface area is 146 Å². The Hall–Kier alpha value is -1.98. The van der Waals surface area contributed by atoms with Crippen LogP contribution in [0, 0.1) is 17.6 Å². The van der Waals surface area contributed by atoms with Gasteiger partial charge in [0.05, 0.1) is 5.69 Å². The third-order valence-corrected chi connectivity index (χ3v) is 5.13. The summed E-state index contributed by atoms with van der Waals surface area (Å²) in [5.41, 5.74) is 0.801. The van der Waals surface area contributed by atoms with Crippen molar-refractivity contribution in [3.8, 4) is 0 Å². The summed E-state index contributed by atoms with van der Waals surface area (Å²) in [5, 5.41) is 0. The zero-order valence-corrected chi connectivity index (χ0v) is 14.6. The molecule has 0 aliphatic carbocycles. The average molecular weight is 350 g/mol. The van der Waals surface area contributed by atoms with E-state index in [-0.39, 0.29) is 23.4 Å². The molecular formula is C19H24F2N2O2. The number of rotatable bonds is 3. The zero-order chi connectivity index (χ0) is 18.0. The molecule has 1 fully saturated rings. The van der Waals surface area contributed by atoms with Crippen molar-refractivity contribution < 1.29 is 18.4 Å².